The van der Waals surface area contributed by atoms with E-state index in [0.717, 1.165) is 32.4 Å². The Morgan fingerprint density at radius 3 is 2.54 bits per heavy atom. The molecular weight excluding hydrogens is 386 g/mol. The predicted octanol–water partition coefficient (Wildman–Crippen LogP) is 6.48. The van der Waals surface area contributed by atoms with E-state index in [1.54, 1.807) is 7.11 Å². The van der Waals surface area contributed by atoms with Crippen LogP contribution in [0.1, 0.15) is 0 Å². The second kappa shape index (κ2) is 6.08. The fraction of sp³-hybridized carbons (Fsp3) is 0.0500. The Hall–Kier alpha value is -2.10. The molecule has 4 rings (SSSR count). The van der Waals surface area contributed by atoms with Gasteiger partial charge in [0.1, 0.15) is 5.75 Å². The standard InChI is InChI=1S/C20H13BrClNO/c1-24-18-9-8-15-16(22)11-17(23-20(15)19(18)21)14-7-6-12-4-2-3-5-13(12)10-14/h2-11H,1H3. The summed E-state index contributed by atoms with van der Waals surface area (Å²) in [6, 6.07) is 20.3. The summed E-state index contributed by atoms with van der Waals surface area (Å²) in [6.07, 6.45) is 0. The fourth-order valence-corrected chi connectivity index (χ4v) is 3.70. The first kappa shape index (κ1) is 15.4. The second-order valence-electron chi connectivity index (χ2n) is 5.53. The molecule has 0 saturated carbocycles. The Morgan fingerprint density at radius 1 is 0.958 bits per heavy atom. The highest BCUT2D eigenvalue weighted by Gasteiger charge is 2.12. The average Bonchev–Trinajstić information content (AvgIpc) is 2.62. The van der Waals surface area contributed by atoms with Gasteiger partial charge in [0.2, 0.25) is 0 Å². The van der Waals surface area contributed by atoms with Crippen LogP contribution in [-0.4, -0.2) is 12.1 Å². The maximum absolute atomic E-state index is 6.50. The Balaban J connectivity index is 1.96. The lowest BCUT2D eigenvalue weighted by molar-refractivity contribution is 0.413. The molecule has 4 aromatic rings. The highest BCUT2D eigenvalue weighted by molar-refractivity contribution is 9.10. The minimum atomic E-state index is 0.673. The zero-order valence-electron chi connectivity index (χ0n) is 12.9. The van der Waals surface area contributed by atoms with Gasteiger partial charge < -0.3 is 4.74 Å². The molecule has 0 unspecified atom stereocenters. The van der Waals surface area contributed by atoms with Gasteiger partial charge in [-0.2, -0.15) is 0 Å². The van der Waals surface area contributed by atoms with Crippen LogP contribution in [0, 0.1) is 0 Å². The Labute approximate surface area is 153 Å². The van der Waals surface area contributed by atoms with Crippen LogP contribution in [0.15, 0.2) is 65.1 Å². The summed E-state index contributed by atoms with van der Waals surface area (Å²) >= 11 is 10.1. The Morgan fingerprint density at radius 2 is 1.75 bits per heavy atom. The summed E-state index contributed by atoms with van der Waals surface area (Å²) in [6.45, 7) is 0. The monoisotopic (exact) mass is 397 g/mol. The molecule has 24 heavy (non-hydrogen) atoms. The van der Waals surface area contributed by atoms with E-state index in [0.29, 0.717) is 5.02 Å². The number of halogens is 2. The molecule has 0 radical (unpaired) electrons. The first-order valence-electron chi connectivity index (χ1n) is 7.49. The maximum Gasteiger partial charge on any atom is 0.135 e. The topological polar surface area (TPSA) is 22.1 Å². The lowest BCUT2D eigenvalue weighted by atomic mass is 10.0. The number of ether oxygens (including phenoxy) is 1. The van der Waals surface area contributed by atoms with Crippen LogP contribution in [-0.2, 0) is 0 Å². The summed E-state index contributed by atoms with van der Waals surface area (Å²) in [5.74, 6) is 0.738. The zero-order valence-corrected chi connectivity index (χ0v) is 15.2. The molecular formula is C20H13BrClNO. The normalized spacial score (nSPS) is 11.1. The summed E-state index contributed by atoms with van der Waals surface area (Å²) in [7, 11) is 1.64. The third kappa shape index (κ3) is 2.54. The molecule has 0 N–H and O–H groups in total. The molecule has 0 saturated heterocycles. The van der Waals surface area contributed by atoms with Gasteiger partial charge in [-0.25, -0.2) is 4.98 Å². The van der Waals surface area contributed by atoms with E-state index in [2.05, 4.69) is 46.3 Å². The van der Waals surface area contributed by atoms with Gasteiger partial charge in [-0.1, -0.05) is 48.0 Å². The first-order chi connectivity index (χ1) is 11.7. The van der Waals surface area contributed by atoms with Crippen LogP contribution in [0.2, 0.25) is 5.02 Å². The number of benzene rings is 3. The van der Waals surface area contributed by atoms with Crippen molar-refractivity contribution < 1.29 is 4.74 Å². The predicted molar refractivity (Wildman–Crippen MR) is 104 cm³/mol. The molecule has 0 amide bonds. The maximum atomic E-state index is 6.50. The van der Waals surface area contributed by atoms with E-state index in [1.807, 2.05) is 30.3 Å². The first-order valence-corrected chi connectivity index (χ1v) is 8.66. The summed E-state index contributed by atoms with van der Waals surface area (Å²) in [4.78, 5) is 4.81. The number of pyridine rings is 1. The van der Waals surface area contributed by atoms with Crippen molar-refractivity contribution in [2.45, 2.75) is 0 Å². The van der Waals surface area contributed by atoms with E-state index in [9.17, 15) is 0 Å². The molecule has 3 aromatic carbocycles. The lowest BCUT2D eigenvalue weighted by Crippen LogP contribution is -1.91. The highest BCUT2D eigenvalue weighted by atomic mass is 79.9. The van der Waals surface area contributed by atoms with Crippen molar-refractivity contribution in [3.63, 3.8) is 0 Å². The van der Waals surface area contributed by atoms with Crippen molar-refractivity contribution in [2.24, 2.45) is 0 Å². The van der Waals surface area contributed by atoms with Gasteiger partial charge in [-0.3, -0.25) is 0 Å². The Kier molecular flexibility index (Phi) is 3.91. The number of fused-ring (bicyclic) bond motifs is 2. The molecule has 0 bridgehead atoms. The van der Waals surface area contributed by atoms with E-state index in [-0.39, 0.29) is 0 Å². The quantitative estimate of drug-likeness (QED) is 0.385. The van der Waals surface area contributed by atoms with Crippen LogP contribution < -0.4 is 4.74 Å². The van der Waals surface area contributed by atoms with Crippen molar-refractivity contribution in [3.05, 3.63) is 70.2 Å². The van der Waals surface area contributed by atoms with Crippen LogP contribution in [0.25, 0.3) is 32.9 Å². The van der Waals surface area contributed by atoms with Crippen molar-refractivity contribution >= 4 is 49.2 Å². The molecule has 1 heterocycles. The van der Waals surface area contributed by atoms with Gasteiger partial charge in [0.05, 0.1) is 27.8 Å². The molecule has 2 nitrogen and oxygen atoms in total. The van der Waals surface area contributed by atoms with Gasteiger partial charge in [0.25, 0.3) is 0 Å². The SMILES string of the molecule is COc1ccc2c(Cl)cc(-c3ccc4ccccc4c3)nc2c1Br. The average molecular weight is 399 g/mol. The van der Waals surface area contributed by atoms with Gasteiger partial charge in [0.15, 0.2) is 0 Å². The Bertz CT molecular complexity index is 1080. The molecule has 0 aliphatic heterocycles. The number of rotatable bonds is 2. The number of methoxy groups -OCH3 is 1. The van der Waals surface area contributed by atoms with Crippen molar-refractivity contribution in [3.8, 4) is 17.0 Å². The van der Waals surface area contributed by atoms with Crippen molar-refractivity contribution in [2.75, 3.05) is 7.11 Å². The van der Waals surface area contributed by atoms with E-state index < -0.39 is 0 Å². The zero-order chi connectivity index (χ0) is 16.7. The number of aromatic nitrogens is 1. The molecule has 0 aliphatic rings. The van der Waals surface area contributed by atoms with Crippen LogP contribution >= 0.6 is 27.5 Å². The smallest absolute Gasteiger partial charge is 0.135 e. The third-order valence-corrected chi connectivity index (χ3v) is 5.18. The molecule has 0 spiro atoms. The molecule has 0 fully saturated rings. The van der Waals surface area contributed by atoms with Gasteiger partial charge in [0, 0.05) is 10.9 Å². The van der Waals surface area contributed by atoms with Gasteiger partial charge in [-0.05, 0) is 51.0 Å². The molecule has 118 valence electrons. The van der Waals surface area contributed by atoms with E-state index >= 15 is 0 Å². The minimum absolute atomic E-state index is 0.673. The molecule has 0 aliphatic carbocycles. The van der Waals surface area contributed by atoms with E-state index in [1.165, 1.54) is 10.8 Å². The van der Waals surface area contributed by atoms with Crippen molar-refractivity contribution in [1.82, 2.24) is 4.98 Å². The van der Waals surface area contributed by atoms with Crippen LogP contribution in [0.5, 0.6) is 5.75 Å². The minimum Gasteiger partial charge on any atom is -0.495 e. The van der Waals surface area contributed by atoms with Crippen LogP contribution in [0.4, 0.5) is 0 Å². The number of hydrogen-bond acceptors (Lipinski definition) is 2. The van der Waals surface area contributed by atoms with Gasteiger partial charge in [-0.15, -0.1) is 0 Å². The van der Waals surface area contributed by atoms with Gasteiger partial charge >= 0.3 is 0 Å². The van der Waals surface area contributed by atoms with E-state index in [4.69, 9.17) is 21.3 Å². The summed E-state index contributed by atoms with van der Waals surface area (Å²) in [5.41, 5.74) is 2.67. The summed E-state index contributed by atoms with van der Waals surface area (Å²) in [5, 5.41) is 3.95. The molecule has 1 aromatic heterocycles. The summed E-state index contributed by atoms with van der Waals surface area (Å²) < 4.78 is 6.18. The van der Waals surface area contributed by atoms with Crippen molar-refractivity contribution in [1.29, 1.82) is 0 Å². The molecule has 4 heteroatoms. The highest BCUT2D eigenvalue weighted by Crippen LogP contribution is 2.37. The molecule has 0 atom stereocenters. The fourth-order valence-electron chi connectivity index (χ4n) is 2.85. The van der Waals surface area contributed by atoms with Crippen LogP contribution in [0.3, 0.4) is 0 Å². The largest absolute Gasteiger partial charge is 0.495 e. The number of hydrogen-bond donors (Lipinski definition) is 0. The second-order valence-corrected chi connectivity index (χ2v) is 6.73. The number of nitrogens with zero attached hydrogens (tertiary/aromatic N) is 1. The lowest BCUT2D eigenvalue weighted by Gasteiger charge is -2.10. The third-order valence-electron chi connectivity index (χ3n) is 4.10.